The van der Waals surface area contributed by atoms with Gasteiger partial charge in [0.2, 0.25) is 23.3 Å². The molecule has 0 N–H and O–H groups in total. The van der Waals surface area contributed by atoms with Crippen LogP contribution in [0, 0.1) is 0 Å². The quantitative estimate of drug-likeness (QED) is 0.0842. The summed E-state index contributed by atoms with van der Waals surface area (Å²) < 4.78 is 733. The number of alkyl halides is 52. The van der Waals surface area contributed by atoms with Crippen LogP contribution >= 0.6 is 0 Å². The molecule has 0 aliphatic carbocycles. The lowest BCUT2D eigenvalue weighted by molar-refractivity contribution is -0.451. The van der Waals surface area contributed by atoms with Crippen LogP contribution in [0.1, 0.15) is 0 Å². The van der Waals surface area contributed by atoms with Gasteiger partial charge in [-0.3, -0.25) is 0 Å². The Kier molecular flexibility index (Phi) is 16.4. The van der Waals surface area contributed by atoms with Crippen molar-refractivity contribution in [2.75, 3.05) is 0 Å². The molecule has 0 amide bonds. The van der Waals surface area contributed by atoms with E-state index in [1.54, 1.807) is 0 Å². The topological polar surface area (TPSA) is 0 Å². The second-order valence-electron chi connectivity index (χ2n) is 14.5. The molecule has 0 aromatic heterocycles. The van der Waals surface area contributed by atoms with Gasteiger partial charge in [0.1, 0.15) is 0 Å². The number of rotatable bonds is 20. The van der Waals surface area contributed by atoms with Crippen LogP contribution in [0.3, 0.4) is 0 Å². The van der Waals surface area contributed by atoms with Crippen LogP contribution in [0.2, 0.25) is 0 Å². The van der Waals surface area contributed by atoms with Gasteiger partial charge in [0.15, 0.2) is 0 Å². The Bertz CT molecular complexity index is 1820. The molecule has 0 fully saturated rings. The Hall–Kier alpha value is -3.58. The summed E-state index contributed by atoms with van der Waals surface area (Å²) in [4.78, 5) is 0. The second-order valence-corrected chi connectivity index (χ2v) is 14.5. The van der Waals surface area contributed by atoms with Gasteiger partial charge in [-0.05, 0) is 0 Å². The molecule has 0 atom stereocenters. The van der Waals surface area contributed by atoms with Crippen molar-refractivity contribution >= 4 is 6.15 Å². The van der Waals surface area contributed by atoms with E-state index in [-0.39, 0.29) is 0 Å². The van der Waals surface area contributed by atoms with E-state index in [0.29, 0.717) is 0 Å². The molecule has 0 heterocycles. The molecule has 0 aromatic carbocycles. The number of hydrogen-bond acceptors (Lipinski definition) is 0. The lowest BCUT2D eigenvalue weighted by atomic mass is 9.08. The van der Waals surface area contributed by atoms with Gasteiger partial charge in [0.25, 0.3) is 0 Å². The van der Waals surface area contributed by atoms with Gasteiger partial charge in [-0.15, -0.1) is 0 Å². The van der Waals surface area contributed by atoms with Gasteiger partial charge in [-0.25, -0.2) is 35.1 Å². The monoisotopic (exact) mass is 1290 g/mol. The highest BCUT2D eigenvalue weighted by atomic mass is 19.5. The van der Waals surface area contributed by atoms with Crippen molar-refractivity contribution in [2.45, 2.75) is 143 Å². The number of halogens is 52. The summed E-state index contributed by atoms with van der Waals surface area (Å²) in [6.07, 6.45) is -53.1. The highest BCUT2D eigenvalue weighted by molar-refractivity contribution is 6.89. The zero-order valence-corrected chi connectivity index (χ0v) is 32.2. The molecule has 0 saturated carbocycles. The zero-order valence-electron chi connectivity index (χ0n) is 32.2. The molecule has 0 aromatic rings. The number of hydrogen-bond donors (Lipinski definition) is 0. The molecular weight excluding hydrogens is 1290 g/mol. The lowest BCUT2D eigenvalue weighted by Gasteiger charge is -2.63. The van der Waals surface area contributed by atoms with Gasteiger partial charge < -0.3 is 0 Å². The summed E-state index contributed by atoms with van der Waals surface area (Å²) in [7, 11) is 0. The molecule has 0 aliphatic rings. The fraction of sp³-hybridized carbons (Fsp3) is 1.00. The van der Waals surface area contributed by atoms with Gasteiger partial charge in [0.05, 0.1) is 0 Å². The molecule has 0 nitrogen and oxygen atoms in total. The highest BCUT2D eigenvalue weighted by Gasteiger charge is 3.09. The first-order valence-corrected chi connectivity index (χ1v) is 16.0. The van der Waals surface area contributed by atoms with Crippen LogP contribution in [-0.4, -0.2) is 149 Å². The summed E-state index contributed by atoms with van der Waals surface area (Å²) in [5.74, 6) is -233. The Morgan fingerprint density at radius 1 is 0.104 bits per heavy atom. The van der Waals surface area contributed by atoms with Crippen LogP contribution < -0.4 is 0 Å². The minimum Gasteiger partial charge on any atom is -0.244 e. The predicted octanol–water partition coefficient (Wildman–Crippen LogP) is 16.5. The lowest BCUT2D eigenvalue weighted by Crippen LogP contribution is -2.98. The fourth-order valence-corrected chi connectivity index (χ4v) is 5.58. The molecule has 0 bridgehead atoms. The van der Waals surface area contributed by atoms with E-state index >= 15 is 70.2 Å². The SMILES string of the molecule is FC(F)(F)C(F)(F)C(F)(F)C(F)(F)C(F)(F)C(F)(F)[B-](C(F)(F)C(F)(F)C(F)(F)C(F)(F)C(F)(F)C(F)(F)F)(C(F)(F)C(F)(F)C(F)(F)C(F)(F)C(F)(F)C(F)(F)F)C(F)(F)C(F)(F)C(F)(F)C(F)(F)C(F)(F)C(F)(F)F. The van der Waals surface area contributed by atoms with E-state index in [4.69, 9.17) is 0 Å². The smallest absolute Gasteiger partial charge is 0.244 e. The van der Waals surface area contributed by atoms with E-state index in [0.717, 1.165) is 0 Å². The maximum Gasteiger partial charge on any atom is 0.460 e. The van der Waals surface area contributed by atoms with Crippen molar-refractivity contribution in [1.29, 1.82) is 0 Å². The van der Waals surface area contributed by atoms with E-state index in [1.807, 2.05) is 0 Å². The average Bonchev–Trinajstić information content (AvgIpc) is 3.14. The summed E-state index contributed by atoms with van der Waals surface area (Å²) >= 11 is 0. The van der Waals surface area contributed by atoms with Crippen LogP contribution in [0.25, 0.3) is 0 Å². The van der Waals surface area contributed by atoms with Crippen molar-refractivity contribution in [3.63, 3.8) is 0 Å². The van der Waals surface area contributed by atoms with E-state index < -0.39 is 149 Å². The average molecular weight is 1290 g/mol. The standard InChI is InChI=1S/C24BF52/c26-1(27,5(34,35)13(50,51)21(66,67)68)9(42,43)17(58,59)25(18(60,61)10(44,45)2(28,29)6(36,37)14(52,53)22(69,70)71,19(62,63)11(46,47)3(30,31)7(38,39)15(54,55)23(72,73)74)20(64,65)12(48,49)4(32,33)8(40,41)16(56,57)24(75,76)77/q-1. The summed E-state index contributed by atoms with van der Waals surface area (Å²) in [6, 6.07) is 0. The molecule has 0 spiro atoms. The normalized spacial score (nSPS) is 17.6. The van der Waals surface area contributed by atoms with E-state index in [1.165, 1.54) is 0 Å². The van der Waals surface area contributed by atoms with Crippen LogP contribution in [-0.2, 0) is 0 Å². The van der Waals surface area contributed by atoms with Crippen LogP contribution in [0.15, 0.2) is 0 Å². The molecular formula is C24BF52-. The third kappa shape index (κ3) is 7.96. The largest absolute Gasteiger partial charge is 0.460 e. The van der Waals surface area contributed by atoms with Gasteiger partial charge >= 0.3 is 126 Å². The summed E-state index contributed by atoms with van der Waals surface area (Å²) in [5, 5.41) is 0. The Labute approximate surface area is 378 Å². The van der Waals surface area contributed by atoms with Crippen molar-refractivity contribution < 1.29 is 228 Å². The summed E-state index contributed by atoms with van der Waals surface area (Å²) in [6.45, 7) is 0. The molecule has 464 valence electrons. The van der Waals surface area contributed by atoms with Gasteiger partial charge in [-0.1, -0.05) is 0 Å². The molecule has 77 heavy (non-hydrogen) atoms. The maximum atomic E-state index is 15.9. The van der Waals surface area contributed by atoms with Crippen LogP contribution in [0.4, 0.5) is 228 Å². The van der Waals surface area contributed by atoms with Gasteiger partial charge in [0, 0.05) is 0 Å². The van der Waals surface area contributed by atoms with Gasteiger partial charge in [-0.2, -0.15) is 193 Å². The first-order chi connectivity index (χ1) is 32.0. The fourth-order valence-electron chi connectivity index (χ4n) is 5.58. The second kappa shape index (κ2) is 17.2. The van der Waals surface area contributed by atoms with E-state index in [2.05, 4.69) is 0 Å². The molecule has 0 aliphatic heterocycles. The minimum atomic E-state index is -15.5. The Morgan fingerprint density at radius 2 is 0.182 bits per heavy atom. The molecule has 0 rings (SSSR count). The third-order valence-corrected chi connectivity index (χ3v) is 10.0. The van der Waals surface area contributed by atoms with Crippen molar-refractivity contribution in [3.8, 4) is 0 Å². The minimum absolute atomic E-state index is 9.41. The third-order valence-electron chi connectivity index (χ3n) is 10.0. The summed E-state index contributed by atoms with van der Waals surface area (Å²) in [5.41, 5.74) is 0. The van der Waals surface area contributed by atoms with Crippen LogP contribution in [0.5, 0.6) is 0 Å². The molecule has 0 unspecified atom stereocenters. The Balaban J connectivity index is 11.5. The molecule has 53 heteroatoms. The first kappa shape index (κ1) is 73.4. The Morgan fingerprint density at radius 3 is 0.260 bits per heavy atom. The van der Waals surface area contributed by atoms with E-state index in [9.17, 15) is 158 Å². The molecule has 0 radical (unpaired) electrons. The first-order valence-electron chi connectivity index (χ1n) is 16.0. The van der Waals surface area contributed by atoms with Crippen molar-refractivity contribution in [2.24, 2.45) is 0 Å². The van der Waals surface area contributed by atoms with Crippen molar-refractivity contribution in [3.05, 3.63) is 0 Å². The molecule has 0 saturated heterocycles. The highest BCUT2D eigenvalue weighted by Crippen LogP contribution is 2.77. The zero-order chi connectivity index (χ0) is 64.5. The van der Waals surface area contributed by atoms with Crippen molar-refractivity contribution in [1.82, 2.24) is 0 Å². The predicted molar refractivity (Wildman–Crippen MR) is 129 cm³/mol. The maximum absolute atomic E-state index is 15.9.